The van der Waals surface area contributed by atoms with Gasteiger partial charge in [0.05, 0.1) is 29.5 Å². The van der Waals surface area contributed by atoms with Gasteiger partial charge in [0.2, 0.25) is 5.41 Å². The molecule has 31 heavy (non-hydrogen) atoms. The normalized spacial score (nSPS) is 22.4. The number of nitrogens with zero attached hydrogens (tertiary/aromatic N) is 4. The van der Waals surface area contributed by atoms with Crippen molar-refractivity contribution in [2.75, 3.05) is 13.1 Å². The van der Waals surface area contributed by atoms with Gasteiger partial charge in [0.15, 0.2) is 0 Å². The number of amides is 1. The summed E-state index contributed by atoms with van der Waals surface area (Å²) in [6, 6.07) is 11.7. The molecule has 0 fully saturated rings. The average Bonchev–Trinajstić information content (AvgIpc) is 2.71. The fraction of sp³-hybridized carbons (Fsp3) is 0.391. The lowest BCUT2D eigenvalue weighted by atomic mass is 9.60. The van der Waals surface area contributed by atoms with E-state index in [1.165, 1.54) is 23.1 Å². The summed E-state index contributed by atoms with van der Waals surface area (Å²) in [6.45, 7) is 5.46. The maximum atomic E-state index is 14.0. The number of nitriles is 3. The molecule has 7 nitrogen and oxygen atoms in total. The molecule has 0 spiro atoms. The Bertz CT molecular complexity index is 1100. The van der Waals surface area contributed by atoms with Gasteiger partial charge in [0.25, 0.3) is 0 Å². The Balaban J connectivity index is 2.18. The zero-order chi connectivity index (χ0) is 23.0. The van der Waals surface area contributed by atoms with E-state index in [4.69, 9.17) is 10.5 Å². The van der Waals surface area contributed by atoms with E-state index in [1.807, 2.05) is 18.2 Å². The number of allylic oxidation sites excluding steroid dienone is 2. The van der Waals surface area contributed by atoms with Crippen LogP contribution < -0.4 is 5.73 Å². The van der Waals surface area contributed by atoms with Gasteiger partial charge >= 0.3 is 6.09 Å². The summed E-state index contributed by atoms with van der Waals surface area (Å²) in [5.74, 6) is -1.83. The van der Waals surface area contributed by atoms with Gasteiger partial charge in [-0.25, -0.2) is 9.18 Å². The summed E-state index contributed by atoms with van der Waals surface area (Å²) in [4.78, 5) is 14.1. The van der Waals surface area contributed by atoms with Gasteiger partial charge in [-0.15, -0.1) is 0 Å². The van der Waals surface area contributed by atoms with Gasteiger partial charge in [-0.1, -0.05) is 18.2 Å². The highest BCUT2D eigenvalue weighted by molar-refractivity contribution is 5.70. The van der Waals surface area contributed by atoms with E-state index in [0.717, 1.165) is 0 Å². The minimum atomic E-state index is -1.82. The first kappa shape index (κ1) is 21.9. The smallest absolute Gasteiger partial charge is 0.410 e. The van der Waals surface area contributed by atoms with Gasteiger partial charge in [-0.3, -0.25) is 0 Å². The average molecular weight is 419 g/mol. The van der Waals surface area contributed by atoms with Gasteiger partial charge < -0.3 is 15.4 Å². The molecule has 0 saturated heterocycles. The van der Waals surface area contributed by atoms with Crippen LogP contribution in [0.1, 0.15) is 32.3 Å². The first-order chi connectivity index (χ1) is 14.6. The van der Waals surface area contributed by atoms with Crippen LogP contribution in [0.25, 0.3) is 0 Å². The number of rotatable bonds is 1. The Kier molecular flexibility index (Phi) is 5.49. The summed E-state index contributed by atoms with van der Waals surface area (Å²) in [6.07, 6.45) is 1.07. The van der Waals surface area contributed by atoms with E-state index < -0.39 is 34.8 Å². The minimum absolute atomic E-state index is 0.0295. The summed E-state index contributed by atoms with van der Waals surface area (Å²) >= 11 is 0. The predicted molar refractivity (Wildman–Crippen MR) is 109 cm³/mol. The summed E-state index contributed by atoms with van der Waals surface area (Å²) in [7, 11) is 0. The van der Waals surface area contributed by atoms with Crippen LogP contribution in [0.2, 0.25) is 0 Å². The molecule has 1 aliphatic heterocycles. The zero-order valence-electron chi connectivity index (χ0n) is 17.5. The molecule has 8 heteroatoms. The summed E-state index contributed by atoms with van der Waals surface area (Å²) in [5.41, 5.74) is 4.46. The van der Waals surface area contributed by atoms with Crippen molar-refractivity contribution in [1.29, 1.82) is 15.8 Å². The summed E-state index contributed by atoms with van der Waals surface area (Å²) in [5, 5.41) is 29.7. The lowest BCUT2D eigenvalue weighted by Gasteiger charge is -2.45. The van der Waals surface area contributed by atoms with Crippen molar-refractivity contribution in [3.63, 3.8) is 0 Å². The van der Waals surface area contributed by atoms with E-state index in [-0.39, 0.29) is 24.4 Å². The van der Waals surface area contributed by atoms with E-state index in [9.17, 15) is 25.0 Å². The second kappa shape index (κ2) is 7.78. The van der Waals surface area contributed by atoms with Crippen LogP contribution in [0.3, 0.4) is 0 Å². The van der Waals surface area contributed by atoms with Crippen LogP contribution in [-0.2, 0) is 4.74 Å². The monoisotopic (exact) mass is 419 g/mol. The molecule has 1 heterocycles. The second-order valence-corrected chi connectivity index (χ2v) is 8.60. The number of nitrogens with two attached hydrogens (primary N) is 1. The summed E-state index contributed by atoms with van der Waals surface area (Å²) < 4.78 is 19.5. The quantitative estimate of drug-likeness (QED) is 0.694. The van der Waals surface area contributed by atoms with Crippen molar-refractivity contribution in [3.05, 3.63) is 58.6 Å². The van der Waals surface area contributed by atoms with Gasteiger partial charge in [0.1, 0.15) is 11.4 Å². The minimum Gasteiger partial charge on any atom is -0.444 e. The van der Waals surface area contributed by atoms with E-state index in [0.29, 0.717) is 11.1 Å². The molecule has 1 amide bonds. The molecule has 0 saturated carbocycles. The van der Waals surface area contributed by atoms with Crippen LogP contribution >= 0.6 is 0 Å². The highest BCUT2D eigenvalue weighted by Gasteiger charge is 2.53. The molecule has 2 aliphatic rings. The largest absolute Gasteiger partial charge is 0.444 e. The lowest BCUT2D eigenvalue weighted by Crippen LogP contribution is -2.49. The molecule has 1 aromatic carbocycles. The third-order valence-electron chi connectivity index (χ3n) is 5.50. The molecule has 0 aromatic heterocycles. The third kappa shape index (κ3) is 3.71. The lowest BCUT2D eigenvalue weighted by molar-refractivity contribution is 0.0229. The number of ether oxygens (including phenoxy) is 1. The Morgan fingerprint density at radius 3 is 2.52 bits per heavy atom. The van der Waals surface area contributed by atoms with Crippen molar-refractivity contribution >= 4 is 6.09 Å². The molecule has 0 radical (unpaired) electrons. The molecule has 2 N–H and O–H groups in total. The number of hydrogen-bond donors (Lipinski definition) is 1. The molecule has 1 aromatic rings. The third-order valence-corrected chi connectivity index (χ3v) is 5.50. The molecule has 0 bridgehead atoms. The molecule has 158 valence electrons. The van der Waals surface area contributed by atoms with Crippen LogP contribution in [0.4, 0.5) is 9.18 Å². The first-order valence-electron chi connectivity index (χ1n) is 9.74. The maximum absolute atomic E-state index is 14.0. The van der Waals surface area contributed by atoms with E-state index >= 15 is 0 Å². The van der Waals surface area contributed by atoms with Crippen molar-refractivity contribution in [3.8, 4) is 18.2 Å². The molecular formula is C23H22FN5O2. The van der Waals surface area contributed by atoms with Crippen LogP contribution in [0.15, 0.2) is 47.2 Å². The number of hydrogen-bond acceptors (Lipinski definition) is 6. The van der Waals surface area contributed by atoms with Crippen molar-refractivity contribution < 1.29 is 13.9 Å². The molecular weight excluding hydrogens is 397 g/mol. The van der Waals surface area contributed by atoms with Crippen LogP contribution in [0.5, 0.6) is 0 Å². The Labute approximate surface area is 180 Å². The van der Waals surface area contributed by atoms with Gasteiger partial charge in [-0.2, -0.15) is 15.8 Å². The number of benzene rings is 1. The molecule has 1 aliphatic carbocycles. The number of carbonyl (C=O) groups is 1. The fourth-order valence-corrected chi connectivity index (χ4v) is 4.19. The predicted octanol–water partition coefficient (Wildman–Crippen LogP) is 3.49. The van der Waals surface area contributed by atoms with Crippen molar-refractivity contribution in [2.45, 2.75) is 32.3 Å². The first-order valence-corrected chi connectivity index (χ1v) is 9.74. The number of fused-ring (bicyclic) bond motifs is 1. The Morgan fingerprint density at radius 2 is 1.97 bits per heavy atom. The number of carbonyl (C=O) groups excluding carboxylic acids is 1. The molecule has 2 atom stereocenters. The van der Waals surface area contributed by atoms with Crippen molar-refractivity contribution in [1.82, 2.24) is 4.90 Å². The maximum Gasteiger partial charge on any atom is 0.410 e. The zero-order valence-corrected chi connectivity index (χ0v) is 17.5. The van der Waals surface area contributed by atoms with Crippen LogP contribution in [0, 0.1) is 51.1 Å². The standard InChI is InChI=1S/C23H22FN5O2/c1-22(2,3)31-21(30)29-8-7-18-17(11-29)19(14-5-4-6-15(24)9-14)16(10-25)20(28)23(18,12-26)13-27/h4-7,9,17,19H,8,11,28H2,1-3H3/t17-,19+/m1/s1. The molecule has 3 rings (SSSR count). The molecule has 0 unspecified atom stereocenters. The van der Waals surface area contributed by atoms with Crippen LogP contribution in [-0.4, -0.2) is 29.7 Å². The van der Waals surface area contributed by atoms with Gasteiger partial charge in [0, 0.05) is 24.9 Å². The van der Waals surface area contributed by atoms with Crippen molar-refractivity contribution in [2.24, 2.45) is 17.1 Å². The Morgan fingerprint density at radius 1 is 1.29 bits per heavy atom. The SMILES string of the molecule is CC(C)(C)OC(=O)N1CC=C2[C@@H](C1)[C@@H](c1cccc(F)c1)C(C#N)=C(N)C2(C#N)C#N. The van der Waals surface area contributed by atoms with E-state index in [2.05, 4.69) is 0 Å². The number of halogens is 1. The van der Waals surface area contributed by atoms with E-state index in [1.54, 1.807) is 32.9 Å². The fourth-order valence-electron chi connectivity index (χ4n) is 4.19. The second-order valence-electron chi connectivity index (χ2n) is 8.60. The van der Waals surface area contributed by atoms with Gasteiger partial charge in [-0.05, 0) is 44.0 Å². The Hall–Kier alpha value is -3.83. The topological polar surface area (TPSA) is 127 Å². The highest BCUT2D eigenvalue weighted by atomic mass is 19.1. The highest BCUT2D eigenvalue weighted by Crippen LogP contribution is 2.52.